The fraction of sp³-hybridized carbons (Fsp3) is 0.269. The minimum Gasteiger partial charge on any atom is -0.505 e. The molecule has 1 aromatic heterocycles. The lowest BCUT2D eigenvalue weighted by Gasteiger charge is -2.19. The first kappa shape index (κ1) is 25.8. The Morgan fingerprint density at radius 2 is 1.69 bits per heavy atom. The fourth-order valence-electron chi connectivity index (χ4n) is 3.68. The van der Waals surface area contributed by atoms with Crippen LogP contribution in [0.3, 0.4) is 0 Å². The number of urea groups is 1. The molecule has 4 N–H and O–H groups in total. The smallest absolute Gasteiger partial charge is 0.319 e. The van der Waals surface area contributed by atoms with Gasteiger partial charge >= 0.3 is 12.0 Å². The van der Waals surface area contributed by atoms with Gasteiger partial charge in [-0.25, -0.2) is 4.79 Å². The quantitative estimate of drug-likeness (QED) is 0.348. The summed E-state index contributed by atoms with van der Waals surface area (Å²) in [5.74, 6) is -1.16. The van der Waals surface area contributed by atoms with Crippen LogP contribution in [0.1, 0.15) is 54.5 Å². The number of rotatable bonds is 8. The van der Waals surface area contributed by atoms with Gasteiger partial charge in [0.2, 0.25) is 0 Å². The standard InChI is InChI=1S/C26H28ClN3O5/c1-15(2)17-8-10-18(11-9-17)21(12-22(31)32)28-26(35)29-23-24(33)16(3)13-30(25(23)34)14-19-6-4-5-7-20(19)27/h4-11,13,15,21,33H,12,14H2,1-3H3,(H,31,32)(H2,28,29,35)/t21-/m0/s1. The Hall–Kier alpha value is -3.78. The molecule has 0 saturated heterocycles. The predicted molar refractivity (Wildman–Crippen MR) is 135 cm³/mol. The average molecular weight is 498 g/mol. The Morgan fingerprint density at radius 3 is 2.29 bits per heavy atom. The van der Waals surface area contributed by atoms with Crippen molar-refractivity contribution in [2.24, 2.45) is 0 Å². The monoisotopic (exact) mass is 497 g/mol. The van der Waals surface area contributed by atoms with Crippen molar-refractivity contribution >= 4 is 29.3 Å². The van der Waals surface area contributed by atoms with E-state index in [4.69, 9.17) is 11.6 Å². The van der Waals surface area contributed by atoms with E-state index in [1.807, 2.05) is 26.0 Å². The Labute approximate surface area is 208 Å². The summed E-state index contributed by atoms with van der Waals surface area (Å²) in [4.78, 5) is 37.3. The second-order valence-electron chi connectivity index (χ2n) is 8.63. The summed E-state index contributed by atoms with van der Waals surface area (Å²) < 4.78 is 1.34. The number of halogens is 1. The van der Waals surface area contributed by atoms with Crippen LogP contribution in [0, 0.1) is 6.92 Å². The average Bonchev–Trinajstić information content (AvgIpc) is 2.81. The summed E-state index contributed by atoms with van der Waals surface area (Å²) in [6.07, 6.45) is 1.12. The normalized spacial score (nSPS) is 11.8. The number of aromatic hydroxyl groups is 1. The van der Waals surface area contributed by atoms with Gasteiger partial charge in [0.25, 0.3) is 5.56 Å². The Morgan fingerprint density at radius 1 is 1.06 bits per heavy atom. The molecule has 1 heterocycles. The first-order valence-electron chi connectivity index (χ1n) is 11.1. The molecule has 0 aliphatic rings. The number of carbonyl (C=O) groups is 2. The number of carbonyl (C=O) groups excluding carboxylic acids is 1. The minimum atomic E-state index is -1.09. The number of hydrogen-bond acceptors (Lipinski definition) is 4. The third kappa shape index (κ3) is 6.42. The summed E-state index contributed by atoms with van der Waals surface area (Å²) in [5, 5.41) is 25.3. The van der Waals surface area contributed by atoms with E-state index in [2.05, 4.69) is 10.6 Å². The molecule has 0 unspecified atom stereocenters. The Balaban J connectivity index is 1.85. The number of aromatic nitrogens is 1. The second kappa shape index (κ2) is 11.1. The number of aliphatic carboxylic acids is 1. The molecule has 0 saturated carbocycles. The van der Waals surface area contributed by atoms with E-state index >= 15 is 0 Å². The van der Waals surface area contributed by atoms with Gasteiger partial charge in [-0.15, -0.1) is 0 Å². The van der Waals surface area contributed by atoms with E-state index in [-0.39, 0.29) is 24.4 Å². The van der Waals surface area contributed by atoms with Crippen molar-refractivity contribution in [1.29, 1.82) is 0 Å². The molecular formula is C26H28ClN3O5. The summed E-state index contributed by atoms with van der Waals surface area (Å²) in [6.45, 7) is 5.83. The molecule has 1 atom stereocenters. The minimum absolute atomic E-state index is 0.139. The topological polar surface area (TPSA) is 121 Å². The number of nitrogens with one attached hydrogen (secondary N) is 2. The van der Waals surface area contributed by atoms with Gasteiger partial charge < -0.3 is 25.4 Å². The van der Waals surface area contributed by atoms with Crippen LogP contribution in [-0.4, -0.2) is 26.8 Å². The number of nitrogens with zero attached hydrogens (tertiary/aromatic N) is 1. The molecule has 2 aromatic carbocycles. The lowest BCUT2D eigenvalue weighted by Crippen LogP contribution is -2.36. The molecule has 0 aliphatic carbocycles. The summed E-state index contributed by atoms with van der Waals surface area (Å²) in [5.41, 5.74) is 1.83. The molecule has 0 fully saturated rings. The van der Waals surface area contributed by atoms with Crippen molar-refractivity contribution in [2.75, 3.05) is 5.32 Å². The van der Waals surface area contributed by atoms with E-state index in [1.54, 1.807) is 43.3 Å². The van der Waals surface area contributed by atoms with Gasteiger partial charge in [-0.3, -0.25) is 9.59 Å². The Bertz CT molecular complexity index is 1290. The molecular weight excluding hydrogens is 470 g/mol. The molecule has 35 heavy (non-hydrogen) atoms. The molecule has 3 aromatic rings. The van der Waals surface area contributed by atoms with Crippen LogP contribution in [0.2, 0.25) is 5.02 Å². The summed E-state index contributed by atoms with van der Waals surface area (Å²) in [6, 6.07) is 12.7. The van der Waals surface area contributed by atoms with Gasteiger partial charge in [0, 0.05) is 16.8 Å². The third-order valence-corrected chi connectivity index (χ3v) is 6.03. The van der Waals surface area contributed by atoms with Gasteiger partial charge in [-0.2, -0.15) is 0 Å². The van der Waals surface area contributed by atoms with E-state index in [0.29, 0.717) is 27.6 Å². The number of carboxylic acid groups (broad SMARTS) is 1. The van der Waals surface area contributed by atoms with Crippen LogP contribution in [-0.2, 0) is 11.3 Å². The first-order valence-corrected chi connectivity index (χ1v) is 11.5. The zero-order valence-electron chi connectivity index (χ0n) is 19.7. The lowest BCUT2D eigenvalue weighted by molar-refractivity contribution is -0.137. The van der Waals surface area contributed by atoms with Gasteiger partial charge in [0.05, 0.1) is 19.0 Å². The first-order chi connectivity index (χ1) is 16.6. The van der Waals surface area contributed by atoms with Gasteiger partial charge in [0.15, 0.2) is 5.69 Å². The van der Waals surface area contributed by atoms with Crippen LogP contribution >= 0.6 is 11.6 Å². The predicted octanol–water partition coefficient (Wildman–Crippen LogP) is 5.02. The summed E-state index contributed by atoms with van der Waals surface area (Å²) in [7, 11) is 0. The number of aryl methyl sites for hydroxylation is 1. The van der Waals surface area contributed by atoms with Gasteiger partial charge in [-0.1, -0.05) is 67.9 Å². The molecule has 0 bridgehead atoms. The molecule has 0 radical (unpaired) electrons. The van der Waals surface area contributed by atoms with Crippen LogP contribution in [0.4, 0.5) is 10.5 Å². The maximum atomic E-state index is 13.1. The second-order valence-corrected chi connectivity index (χ2v) is 9.04. The van der Waals surface area contributed by atoms with E-state index in [0.717, 1.165) is 5.56 Å². The van der Waals surface area contributed by atoms with Crippen LogP contribution < -0.4 is 16.2 Å². The SMILES string of the molecule is Cc1cn(Cc2ccccc2Cl)c(=O)c(NC(=O)N[C@@H](CC(=O)O)c2ccc(C(C)C)cc2)c1O. The van der Waals surface area contributed by atoms with Crippen LogP contribution in [0.5, 0.6) is 5.75 Å². The largest absolute Gasteiger partial charge is 0.505 e. The van der Waals surface area contributed by atoms with Crippen LogP contribution in [0.15, 0.2) is 59.5 Å². The van der Waals surface area contributed by atoms with E-state index < -0.39 is 23.6 Å². The zero-order valence-corrected chi connectivity index (χ0v) is 20.5. The van der Waals surface area contributed by atoms with E-state index in [9.17, 15) is 24.6 Å². The van der Waals surface area contributed by atoms with Gasteiger partial charge in [-0.05, 0) is 35.6 Å². The van der Waals surface area contributed by atoms with Crippen molar-refractivity contribution in [2.45, 2.75) is 45.7 Å². The molecule has 2 amide bonds. The molecule has 184 valence electrons. The maximum absolute atomic E-state index is 13.1. The fourth-order valence-corrected chi connectivity index (χ4v) is 3.88. The van der Waals surface area contributed by atoms with Crippen LogP contribution in [0.25, 0.3) is 0 Å². The number of pyridine rings is 1. The third-order valence-electron chi connectivity index (χ3n) is 5.66. The van der Waals surface area contributed by atoms with Crippen molar-refractivity contribution in [3.63, 3.8) is 0 Å². The van der Waals surface area contributed by atoms with Crippen molar-refractivity contribution in [3.8, 4) is 5.75 Å². The lowest BCUT2D eigenvalue weighted by atomic mass is 9.98. The maximum Gasteiger partial charge on any atom is 0.319 e. The molecule has 3 rings (SSSR count). The molecule has 0 aliphatic heterocycles. The molecule has 8 nitrogen and oxygen atoms in total. The van der Waals surface area contributed by atoms with Crippen molar-refractivity contribution in [3.05, 3.63) is 92.4 Å². The highest BCUT2D eigenvalue weighted by molar-refractivity contribution is 6.31. The highest BCUT2D eigenvalue weighted by Crippen LogP contribution is 2.25. The molecule has 0 spiro atoms. The number of anilines is 1. The van der Waals surface area contributed by atoms with Gasteiger partial charge in [0.1, 0.15) is 5.75 Å². The van der Waals surface area contributed by atoms with Crippen molar-refractivity contribution < 1.29 is 19.8 Å². The molecule has 9 heteroatoms. The number of amides is 2. The zero-order chi connectivity index (χ0) is 25.7. The number of carboxylic acids is 1. The highest BCUT2D eigenvalue weighted by atomic mass is 35.5. The summed E-state index contributed by atoms with van der Waals surface area (Å²) >= 11 is 6.21. The van der Waals surface area contributed by atoms with Crippen molar-refractivity contribution in [1.82, 2.24) is 9.88 Å². The number of hydrogen-bond donors (Lipinski definition) is 4. The Kier molecular flexibility index (Phi) is 8.19. The highest BCUT2D eigenvalue weighted by Gasteiger charge is 2.21. The van der Waals surface area contributed by atoms with E-state index in [1.165, 1.54) is 10.8 Å². The number of benzene rings is 2.